The fourth-order valence-corrected chi connectivity index (χ4v) is 5.97. The fraction of sp³-hybridized carbons (Fsp3) is 0.394. The van der Waals surface area contributed by atoms with E-state index in [1.807, 2.05) is 30.3 Å². The Kier molecular flexibility index (Phi) is 13.3. The molecule has 0 saturated heterocycles. The molecule has 1 N–H and O–H groups in total. The van der Waals surface area contributed by atoms with Crippen LogP contribution in [0.2, 0.25) is 0 Å². The first kappa shape index (κ1) is 37.3. The van der Waals surface area contributed by atoms with E-state index >= 15 is 0 Å². The number of hydrogen-bond acceptors (Lipinski definition) is 14. The van der Waals surface area contributed by atoms with Gasteiger partial charge in [-0.1, -0.05) is 30.3 Å². The molecule has 0 fully saturated rings. The molecule has 4 atom stereocenters. The zero-order valence-corrected chi connectivity index (χ0v) is 28.5. The summed E-state index contributed by atoms with van der Waals surface area (Å²) in [7, 11) is 3.19. The lowest BCUT2D eigenvalue weighted by atomic mass is 10.0. The van der Waals surface area contributed by atoms with Gasteiger partial charge in [-0.3, -0.25) is 28.9 Å². The second kappa shape index (κ2) is 17.1. The molecule has 3 aromatic rings. The minimum Gasteiger partial charge on any atom is -0.497 e. The van der Waals surface area contributed by atoms with E-state index in [0.717, 1.165) is 40.2 Å². The molecule has 1 aromatic heterocycles. The van der Waals surface area contributed by atoms with Crippen molar-refractivity contribution < 1.29 is 62.1 Å². The first-order chi connectivity index (χ1) is 22.7. The van der Waals surface area contributed by atoms with E-state index in [4.69, 9.17) is 28.4 Å². The van der Waals surface area contributed by atoms with E-state index in [0.29, 0.717) is 21.4 Å². The van der Waals surface area contributed by atoms with Crippen molar-refractivity contribution in [1.82, 2.24) is 0 Å². The number of carbonyl (C=O) groups is 5. The second-order valence-electron chi connectivity index (χ2n) is 10.6. The van der Waals surface area contributed by atoms with Crippen LogP contribution < -0.4 is 14.2 Å². The molecule has 0 spiro atoms. The number of rotatable bonds is 15. The Bertz CT molecular complexity index is 1590. The number of esters is 5. The second-order valence-corrected chi connectivity index (χ2v) is 11.5. The topological polar surface area (TPSA) is 168 Å². The van der Waals surface area contributed by atoms with Gasteiger partial charge in [0.15, 0.2) is 24.4 Å². The Morgan fingerprint density at radius 3 is 1.77 bits per heavy atom. The fourth-order valence-electron chi connectivity index (χ4n) is 4.84. The van der Waals surface area contributed by atoms with E-state index in [1.165, 1.54) is 18.4 Å². The summed E-state index contributed by atoms with van der Waals surface area (Å²) in [4.78, 5) is 63.1. The highest BCUT2D eigenvalue weighted by Gasteiger charge is 2.46. The monoisotopic (exact) mass is 687 g/mol. The smallest absolute Gasteiger partial charge is 0.344 e. The predicted octanol–water partition coefficient (Wildman–Crippen LogP) is 3.13. The number of ether oxygens (including phenoxy) is 6. The number of aromatic hydroxyl groups is 1. The predicted molar refractivity (Wildman–Crippen MR) is 172 cm³/mol. The number of likely N-dealkylation sites (N-methyl/N-ethyl adjacent to an activating group) is 1. The van der Waals surface area contributed by atoms with Crippen LogP contribution in [0.5, 0.6) is 11.6 Å². The molecule has 0 aliphatic heterocycles. The number of methoxy groups -OCH3 is 1. The minimum atomic E-state index is -1.59. The summed E-state index contributed by atoms with van der Waals surface area (Å²) in [5, 5.41) is 12.0. The highest BCUT2D eigenvalue weighted by Crippen LogP contribution is 2.39. The zero-order valence-electron chi connectivity index (χ0n) is 27.7. The van der Waals surface area contributed by atoms with Crippen molar-refractivity contribution in [3.05, 3.63) is 54.6 Å². The van der Waals surface area contributed by atoms with E-state index < -0.39 is 60.9 Å². The molecule has 258 valence electrons. The number of hydrogen-bond donors (Lipinski definition) is 1. The van der Waals surface area contributed by atoms with E-state index in [9.17, 15) is 29.1 Å². The van der Waals surface area contributed by atoms with Gasteiger partial charge in [-0.15, -0.1) is 0 Å². The molecule has 1 heterocycles. The Labute approximate surface area is 281 Å². The average molecular weight is 688 g/mol. The van der Waals surface area contributed by atoms with Crippen LogP contribution in [0.1, 0.15) is 34.6 Å². The summed E-state index contributed by atoms with van der Waals surface area (Å²) in [5.41, 5.74) is 1.31. The average Bonchev–Trinajstić information content (AvgIpc) is 3.37. The first-order valence-electron chi connectivity index (χ1n) is 14.7. The van der Waals surface area contributed by atoms with Crippen molar-refractivity contribution in [1.29, 1.82) is 0 Å². The van der Waals surface area contributed by atoms with Gasteiger partial charge in [0.25, 0.3) is 0 Å². The van der Waals surface area contributed by atoms with Crippen LogP contribution in [0, 0.1) is 0 Å². The van der Waals surface area contributed by atoms with Gasteiger partial charge in [0.2, 0.25) is 0 Å². The molecule has 0 bridgehead atoms. The minimum absolute atomic E-state index is 0.0760. The molecular weight excluding hydrogens is 648 g/mol. The van der Waals surface area contributed by atoms with E-state index in [2.05, 4.69) is 0 Å². The van der Waals surface area contributed by atoms with Gasteiger partial charge in [-0.25, -0.2) is 0 Å². The molecule has 0 saturated carbocycles. The molecule has 48 heavy (non-hydrogen) atoms. The third-order valence-electron chi connectivity index (χ3n) is 6.69. The van der Waals surface area contributed by atoms with Crippen LogP contribution in [0.15, 0.2) is 54.6 Å². The summed E-state index contributed by atoms with van der Waals surface area (Å²) in [6, 6.07) is 16.2. The van der Waals surface area contributed by atoms with Crippen LogP contribution >= 0.6 is 11.3 Å². The quantitative estimate of drug-likeness (QED) is 0.141. The van der Waals surface area contributed by atoms with Gasteiger partial charge in [0, 0.05) is 34.6 Å². The first-order valence-corrected chi connectivity index (χ1v) is 15.5. The molecule has 2 aromatic carbocycles. The van der Waals surface area contributed by atoms with Crippen molar-refractivity contribution in [3.8, 4) is 27.8 Å². The van der Waals surface area contributed by atoms with Crippen LogP contribution in [0.3, 0.4) is 0 Å². The molecule has 14 nitrogen and oxygen atoms in total. The maximum absolute atomic E-state index is 12.5. The lowest BCUT2D eigenvalue weighted by Gasteiger charge is -2.35. The highest BCUT2D eigenvalue weighted by molar-refractivity contribution is 7.18. The summed E-state index contributed by atoms with van der Waals surface area (Å²) in [6.45, 7) is 4.78. The molecular formula is C33H39N2O12S+. The van der Waals surface area contributed by atoms with Crippen LogP contribution in [-0.2, 0) is 47.7 Å². The summed E-state index contributed by atoms with van der Waals surface area (Å²) in [5.74, 6) is -3.46. The van der Waals surface area contributed by atoms with Gasteiger partial charge in [0.05, 0.1) is 14.2 Å². The van der Waals surface area contributed by atoms with Crippen LogP contribution in [0.4, 0.5) is 5.13 Å². The molecule has 0 aliphatic rings. The molecule has 3 rings (SSSR count). The van der Waals surface area contributed by atoms with Crippen molar-refractivity contribution in [3.63, 3.8) is 0 Å². The largest absolute Gasteiger partial charge is 0.497 e. The Morgan fingerprint density at radius 2 is 1.27 bits per heavy atom. The Morgan fingerprint density at radius 1 is 0.750 bits per heavy atom. The number of nitrogens with zero attached hydrogens (tertiary/aromatic N) is 2. The van der Waals surface area contributed by atoms with Crippen molar-refractivity contribution in [2.45, 2.75) is 59.0 Å². The zero-order chi connectivity index (χ0) is 35.5. The van der Waals surface area contributed by atoms with Crippen LogP contribution in [-0.4, -0.2) is 86.7 Å². The van der Waals surface area contributed by atoms with Crippen molar-refractivity contribution in [2.24, 2.45) is 0 Å². The van der Waals surface area contributed by atoms with Crippen LogP contribution in [0.25, 0.3) is 16.1 Å². The van der Waals surface area contributed by atoms with E-state index in [-0.39, 0.29) is 12.4 Å². The number of carbonyl (C=O) groups excluding carboxylic acids is 5. The molecule has 15 heteroatoms. The van der Waals surface area contributed by atoms with Gasteiger partial charge in [-0.2, -0.15) is 4.57 Å². The summed E-state index contributed by atoms with van der Waals surface area (Å²) in [6.07, 6.45) is -5.96. The summed E-state index contributed by atoms with van der Waals surface area (Å²) >= 11 is 1.23. The number of anilines is 1. The lowest BCUT2D eigenvalue weighted by Crippen LogP contribution is -2.56. The van der Waals surface area contributed by atoms with Gasteiger partial charge >= 0.3 is 40.9 Å². The standard InChI is InChI=1S/C33H38N2O12S/c1-19(36)43-18-28(45-21(3)38)30(47-23(5)40)29(46-22(4)39)27(44-20(2)37)17-34(6)33-35(25-13-15-26(42-7)16-14-25)32(41)31(48-33)24-11-9-8-10-12-24/h8-16,27-30H,17-18H2,1-7H3/p+1/t27-,28+,29+,30+/m0/s1. The molecule has 0 aliphatic carbocycles. The SMILES string of the molecule is COc1ccc(-[n+]2c(N(C)C[C@H](OC(C)=O)[C@@H](OC(C)=O)[C@H](OC(C)=O)[C@@H](COC(C)=O)OC(C)=O)sc(-c3ccccc3)c2O)cc1. The van der Waals surface area contributed by atoms with Crippen molar-refractivity contribution in [2.75, 3.05) is 32.2 Å². The normalized spacial score (nSPS) is 13.2. The Hall–Kier alpha value is -5.18. The maximum Gasteiger partial charge on any atom is 0.344 e. The lowest BCUT2D eigenvalue weighted by molar-refractivity contribution is -0.585. The number of thiazole rings is 1. The van der Waals surface area contributed by atoms with Gasteiger partial charge in [-0.05, 0) is 41.2 Å². The van der Waals surface area contributed by atoms with E-state index in [1.54, 1.807) is 40.8 Å². The highest BCUT2D eigenvalue weighted by atomic mass is 32.1. The summed E-state index contributed by atoms with van der Waals surface area (Å²) < 4.78 is 34.1. The number of benzene rings is 2. The third-order valence-corrected chi connectivity index (χ3v) is 7.99. The molecule has 0 unspecified atom stereocenters. The maximum atomic E-state index is 12.5. The Balaban J connectivity index is 2.17. The van der Waals surface area contributed by atoms with Crippen molar-refractivity contribution >= 4 is 46.3 Å². The number of aromatic nitrogens is 1. The van der Waals surface area contributed by atoms with Gasteiger partial charge < -0.3 is 33.5 Å². The molecule has 0 radical (unpaired) electrons. The molecule has 0 amide bonds. The third kappa shape index (κ3) is 10.2. The van der Waals surface area contributed by atoms with Gasteiger partial charge in [0.1, 0.15) is 29.5 Å².